The van der Waals surface area contributed by atoms with E-state index in [1.54, 1.807) is 7.11 Å². The van der Waals surface area contributed by atoms with E-state index in [1.807, 2.05) is 36.4 Å². The van der Waals surface area contributed by atoms with Crippen LogP contribution in [-0.2, 0) is 4.74 Å². The van der Waals surface area contributed by atoms with Crippen molar-refractivity contribution in [2.75, 3.05) is 46.6 Å². The van der Waals surface area contributed by atoms with Crippen LogP contribution in [0.5, 0.6) is 11.5 Å². The molecule has 1 aliphatic rings. The molecule has 0 bridgehead atoms. The van der Waals surface area contributed by atoms with Crippen molar-refractivity contribution in [1.29, 1.82) is 0 Å². The SMILES string of the molecule is COc1ccc([C@@H](CNC(=O)c2ccc(OCC(C)C)cc2)N2CCOCC2)cc1. The summed E-state index contributed by atoms with van der Waals surface area (Å²) < 4.78 is 16.5. The Bertz CT molecular complexity index is 784. The number of benzene rings is 2. The van der Waals surface area contributed by atoms with Crippen molar-refractivity contribution in [3.63, 3.8) is 0 Å². The Morgan fingerprint density at radius 1 is 1.03 bits per heavy atom. The third-order valence-corrected chi connectivity index (χ3v) is 5.14. The maximum Gasteiger partial charge on any atom is 0.251 e. The first-order chi connectivity index (χ1) is 14.6. The van der Waals surface area contributed by atoms with Gasteiger partial charge in [-0.3, -0.25) is 9.69 Å². The molecule has 1 amide bonds. The molecular formula is C24H32N2O4. The number of ether oxygens (including phenoxy) is 3. The third kappa shape index (κ3) is 6.21. The van der Waals surface area contributed by atoms with E-state index < -0.39 is 0 Å². The summed E-state index contributed by atoms with van der Waals surface area (Å²) in [5.74, 6) is 1.98. The fraction of sp³-hybridized carbons (Fsp3) is 0.458. The summed E-state index contributed by atoms with van der Waals surface area (Å²) >= 11 is 0. The maximum absolute atomic E-state index is 12.7. The average Bonchev–Trinajstić information content (AvgIpc) is 2.79. The Morgan fingerprint density at radius 3 is 2.27 bits per heavy atom. The summed E-state index contributed by atoms with van der Waals surface area (Å²) in [6, 6.07) is 15.4. The highest BCUT2D eigenvalue weighted by Crippen LogP contribution is 2.24. The predicted molar refractivity (Wildman–Crippen MR) is 117 cm³/mol. The van der Waals surface area contributed by atoms with E-state index in [0.29, 0.717) is 37.8 Å². The van der Waals surface area contributed by atoms with Crippen molar-refractivity contribution in [3.05, 3.63) is 59.7 Å². The van der Waals surface area contributed by atoms with Crippen LogP contribution < -0.4 is 14.8 Å². The van der Waals surface area contributed by atoms with Crippen LogP contribution in [0.1, 0.15) is 35.8 Å². The van der Waals surface area contributed by atoms with Crippen molar-refractivity contribution < 1.29 is 19.0 Å². The zero-order chi connectivity index (χ0) is 21.3. The van der Waals surface area contributed by atoms with Gasteiger partial charge in [0.1, 0.15) is 11.5 Å². The molecule has 2 aromatic rings. The Balaban J connectivity index is 1.64. The Labute approximate surface area is 179 Å². The number of rotatable bonds is 9. The molecule has 1 fully saturated rings. The first-order valence-corrected chi connectivity index (χ1v) is 10.5. The molecule has 2 aromatic carbocycles. The van der Waals surface area contributed by atoms with Crippen molar-refractivity contribution in [2.24, 2.45) is 5.92 Å². The molecule has 0 aromatic heterocycles. The van der Waals surface area contributed by atoms with E-state index >= 15 is 0 Å². The van der Waals surface area contributed by atoms with Crippen LogP contribution >= 0.6 is 0 Å². The number of morpholine rings is 1. The molecule has 6 nitrogen and oxygen atoms in total. The molecule has 0 unspecified atom stereocenters. The largest absolute Gasteiger partial charge is 0.497 e. The lowest BCUT2D eigenvalue weighted by Crippen LogP contribution is -2.43. The number of methoxy groups -OCH3 is 1. The van der Waals surface area contributed by atoms with Crippen molar-refractivity contribution in [2.45, 2.75) is 19.9 Å². The molecule has 1 saturated heterocycles. The average molecular weight is 413 g/mol. The van der Waals surface area contributed by atoms with E-state index in [0.717, 1.165) is 30.2 Å². The molecule has 0 spiro atoms. The highest BCUT2D eigenvalue weighted by atomic mass is 16.5. The normalized spacial score (nSPS) is 15.6. The molecule has 0 saturated carbocycles. The van der Waals surface area contributed by atoms with Gasteiger partial charge >= 0.3 is 0 Å². The zero-order valence-electron chi connectivity index (χ0n) is 18.1. The zero-order valence-corrected chi connectivity index (χ0v) is 18.1. The van der Waals surface area contributed by atoms with E-state index in [-0.39, 0.29) is 11.9 Å². The second kappa shape index (κ2) is 11.0. The van der Waals surface area contributed by atoms with Crippen LogP contribution in [0.2, 0.25) is 0 Å². The van der Waals surface area contributed by atoms with Gasteiger partial charge in [0.25, 0.3) is 5.91 Å². The van der Waals surface area contributed by atoms with Gasteiger partial charge in [0.15, 0.2) is 0 Å². The molecule has 162 valence electrons. The lowest BCUT2D eigenvalue weighted by molar-refractivity contribution is 0.0162. The molecule has 1 atom stereocenters. The number of carbonyl (C=O) groups is 1. The Hall–Kier alpha value is -2.57. The Kier molecular flexibility index (Phi) is 8.11. The van der Waals surface area contributed by atoms with Crippen LogP contribution in [0.15, 0.2) is 48.5 Å². The van der Waals surface area contributed by atoms with E-state index in [9.17, 15) is 4.79 Å². The van der Waals surface area contributed by atoms with E-state index in [1.165, 1.54) is 0 Å². The molecule has 30 heavy (non-hydrogen) atoms. The van der Waals surface area contributed by atoms with Crippen LogP contribution in [0, 0.1) is 5.92 Å². The van der Waals surface area contributed by atoms with Crippen LogP contribution in [0.25, 0.3) is 0 Å². The number of hydrogen-bond donors (Lipinski definition) is 1. The van der Waals surface area contributed by atoms with Gasteiger partial charge < -0.3 is 19.5 Å². The highest BCUT2D eigenvalue weighted by molar-refractivity contribution is 5.94. The van der Waals surface area contributed by atoms with Crippen LogP contribution in [0.3, 0.4) is 0 Å². The monoisotopic (exact) mass is 412 g/mol. The third-order valence-electron chi connectivity index (χ3n) is 5.14. The quantitative estimate of drug-likeness (QED) is 0.683. The predicted octanol–water partition coefficient (Wildman–Crippen LogP) is 3.53. The summed E-state index contributed by atoms with van der Waals surface area (Å²) in [6.45, 7) is 8.50. The number of nitrogens with one attached hydrogen (secondary N) is 1. The van der Waals surface area contributed by atoms with Crippen LogP contribution in [0.4, 0.5) is 0 Å². The number of amides is 1. The fourth-order valence-corrected chi connectivity index (χ4v) is 3.43. The van der Waals surface area contributed by atoms with E-state index in [2.05, 4.69) is 36.2 Å². The standard InChI is InChI=1S/C24H32N2O4/c1-18(2)17-30-22-10-6-20(7-11-22)24(27)25-16-23(26-12-14-29-15-13-26)19-4-8-21(28-3)9-5-19/h4-11,18,23H,12-17H2,1-3H3,(H,25,27)/t23-/m1/s1. The fourth-order valence-electron chi connectivity index (χ4n) is 3.43. The van der Waals surface area contributed by atoms with Crippen molar-refractivity contribution in [3.8, 4) is 11.5 Å². The lowest BCUT2D eigenvalue weighted by atomic mass is 10.0. The lowest BCUT2D eigenvalue weighted by Gasteiger charge is -2.35. The molecule has 1 N–H and O–H groups in total. The first kappa shape index (κ1) is 22.1. The molecule has 6 heteroatoms. The summed E-state index contributed by atoms with van der Waals surface area (Å²) in [4.78, 5) is 15.1. The van der Waals surface area contributed by atoms with Gasteiger partial charge in [0, 0.05) is 25.2 Å². The summed E-state index contributed by atoms with van der Waals surface area (Å²) in [5, 5.41) is 3.10. The molecule has 1 aliphatic heterocycles. The van der Waals surface area contributed by atoms with Gasteiger partial charge in [-0.05, 0) is 47.9 Å². The number of carbonyl (C=O) groups excluding carboxylic acids is 1. The molecule has 3 rings (SSSR count). The minimum Gasteiger partial charge on any atom is -0.497 e. The van der Waals surface area contributed by atoms with Gasteiger partial charge in [-0.15, -0.1) is 0 Å². The first-order valence-electron chi connectivity index (χ1n) is 10.5. The van der Waals surface area contributed by atoms with Crippen LogP contribution in [-0.4, -0.2) is 57.4 Å². The maximum atomic E-state index is 12.7. The number of hydrogen-bond acceptors (Lipinski definition) is 5. The molecular weight excluding hydrogens is 380 g/mol. The summed E-state index contributed by atoms with van der Waals surface area (Å²) in [6.07, 6.45) is 0. The van der Waals surface area contributed by atoms with Gasteiger partial charge in [0.2, 0.25) is 0 Å². The van der Waals surface area contributed by atoms with E-state index in [4.69, 9.17) is 14.2 Å². The second-order valence-corrected chi connectivity index (χ2v) is 7.88. The number of nitrogens with zero attached hydrogens (tertiary/aromatic N) is 1. The topological polar surface area (TPSA) is 60.0 Å². The summed E-state index contributed by atoms with van der Waals surface area (Å²) in [5.41, 5.74) is 1.78. The molecule has 1 heterocycles. The van der Waals surface area contributed by atoms with Gasteiger partial charge in [-0.1, -0.05) is 26.0 Å². The summed E-state index contributed by atoms with van der Waals surface area (Å²) in [7, 11) is 1.66. The minimum absolute atomic E-state index is 0.0809. The minimum atomic E-state index is -0.0859. The molecule has 0 aliphatic carbocycles. The van der Waals surface area contributed by atoms with Gasteiger partial charge in [-0.2, -0.15) is 0 Å². The highest BCUT2D eigenvalue weighted by Gasteiger charge is 2.23. The second-order valence-electron chi connectivity index (χ2n) is 7.88. The molecule has 0 radical (unpaired) electrons. The van der Waals surface area contributed by atoms with Crippen molar-refractivity contribution >= 4 is 5.91 Å². The smallest absolute Gasteiger partial charge is 0.251 e. The van der Waals surface area contributed by atoms with Gasteiger partial charge in [0.05, 0.1) is 33.0 Å². The van der Waals surface area contributed by atoms with Gasteiger partial charge in [-0.25, -0.2) is 0 Å². The van der Waals surface area contributed by atoms with Crippen molar-refractivity contribution in [1.82, 2.24) is 10.2 Å². The Morgan fingerprint density at radius 2 is 1.67 bits per heavy atom.